The van der Waals surface area contributed by atoms with Crippen LogP contribution in [0, 0.1) is 13.8 Å². The second kappa shape index (κ2) is 6.45. The molecular weight excluding hydrogens is 204 g/mol. The number of nitrogens with zero attached hydrogens (tertiary/aromatic N) is 1. The zero-order valence-electron chi connectivity index (χ0n) is 10.5. The summed E-state index contributed by atoms with van der Waals surface area (Å²) in [6.07, 6.45) is 0. The Morgan fingerprint density at radius 3 is 2.69 bits per heavy atom. The van der Waals surface area contributed by atoms with Crippen molar-refractivity contribution in [3.63, 3.8) is 0 Å². The van der Waals surface area contributed by atoms with Crippen molar-refractivity contribution >= 4 is 0 Å². The topological polar surface area (TPSA) is 43.4 Å². The predicted octanol–water partition coefficient (Wildman–Crippen LogP) is 1.44. The number of hydrogen-bond donors (Lipinski definition) is 1. The van der Waals surface area contributed by atoms with Crippen LogP contribution in [-0.4, -0.2) is 32.4 Å². The smallest absolute Gasteiger partial charge is 0.218 e. The van der Waals surface area contributed by atoms with Crippen LogP contribution in [0.15, 0.2) is 6.07 Å². The summed E-state index contributed by atoms with van der Waals surface area (Å²) in [4.78, 5) is 4.41. The summed E-state index contributed by atoms with van der Waals surface area (Å²) in [5, 5.41) is 3.12. The van der Waals surface area contributed by atoms with E-state index in [1.807, 2.05) is 14.0 Å². The Balaban J connectivity index is 2.85. The zero-order valence-corrected chi connectivity index (χ0v) is 10.5. The second-order valence-corrected chi connectivity index (χ2v) is 3.74. The molecule has 0 aromatic carbocycles. The van der Waals surface area contributed by atoms with Gasteiger partial charge >= 0.3 is 0 Å². The molecule has 1 heterocycles. The summed E-state index contributed by atoms with van der Waals surface area (Å²) in [6.45, 7) is 5.92. The molecule has 1 N–H and O–H groups in total. The SMILES string of the molecule is CNCc1c(C)cc(C)nc1OCCOC. The molecule has 90 valence electrons. The first-order chi connectivity index (χ1) is 7.69. The Labute approximate surface area is 97.0 Å². The number of hydrogen-bond acceptors (Lipinski definition) is 4. The summed E-state index contributed by atoms with van der Waals surface area (Å²) in [5.41, 5.74) is 3.29. The maximum Gasteiger partial charge on any atom is 0.218 e. The van der Waals surface area contributed by atoms with Crippen LogP contribution in [0.25, 0.3) is 0 Å². The van der Waals surface area contributed by atoms with Gasteiger partial charge in [0, 0.05) is 24.9 Å². The van der Waals surface area contributed by atoms with E-state index in [1.54, 1.807) is 7.11 Å². The van der Waals surface area contributed by atoms with Gasteiger partial charge in [-0.05, 0) is 32.5 Å². The van der Waals surface area contributed by atoms with Crippen LogP contribution in [0.4, 0.5) is 0 Å². The molecule has 0 bridgehead atoms. The van der Waals surface area contributed by atoms with E-state index in [0.717, 1.165) is 17.8 Å². The molecule has 0 fully saturated rings. The highest BCUT2D eigenvalue weighted by Gasteiger charge is 2.09. The molecule has 0 unspecified atom stereocenters. The van der Waals surface area contributed by atoms with Crippen molar-refractivity contribution in [3.8, 4) is 5.88 Å². The van der Waals surface area contributed by atoms with Gasteiger partial charge in [-0.1, -0.05) is 0 Å². The maximum atomic E-state index is 5.62. The molecule has 0 saturated carbocycles. The molecule has 0 aliphatic heterocycles. The molecule has 1 aromatic heterocycles. The lowest BCUT2D eigenvalue weighted by Crippen LogP contribution is -2.13. The number of ether oxygens (including phenoxy) is 2. The summed E-state index contributed by atoms with van der Waals surface area (Å²) in [5.74, 6) is 0.712. The summed E-state index contributed by atoms with van der Waals surface area (Å²) >= 11 is 0. The van der Waals surface area contributed by atoms with E-state index in [4.69, 9.17) is 9.47 Å². The number of methoxy groups -OCH3 is 1. The van der Waals surface area contributed by atoms with Gasteiger partial charge in [0.25, 0.3) is 0 Å². The Kier molecular flexibility index (Phi) is 5.22. The van der Waals surface area contributed by atoms with E-state index < -0.39 is 0 Å². The monoisotopic (exact) mass is 224 g/mol. The number of aromatic nitrogens is 1. The number of nitrogens with one attached hydrogen (secondary N) is 1. The van der Waals surface area contributed by atoms with E-state index in [-0.39, 0.29) is 0 Å². The fourth-order valence-electron chi connectivity index (χ4n) is 1.56. The van der Waals surface area contributed by atoms with Crippen LogP contribution >= 0.6 is 0 Å². The highest BCUT2D eigenvalue weighted by molar-refractivity contribution is 5.35. The molecule has 16 heavy (non-hydrogen) atoms. The Hall–Kier alpha value is -1.13. The van der Waals surface area contributed by atoms with Gasteiger partial charge in [0.05, 0.1) is 6.61 Å². The molecule has 4 heteroatoms. The van der Waals surface area contributed by atoms with E-state index in [9.17, 15) is 0 Å². The zero-order chi connectivity index (χ0) is 12.0. The summed E-state index contributed by atoms with van der Waals surface area (Å²) < 4.78 is 10.6. The van der Waals surface area contributed by atoms with Crippen LogP contribution in [0.2, 0.25) is 0 Å². The molecule has 0 aliphatic carbocycles. The maximum absolute atomic E-state index is 5.62. The lowest BCUT2D eigenvalue weighted by atomic mass is 10.1. The molecule has 1 aromatic rings. The van der Waals surface area contributed by atoms with Gasteiger partial charge in [0.1, 0.15) is 6.61 Å². The lowest BCUT2D eigenvalue weighted by molar-refractivity contribution is 0.143. The predicted molar refractivity (Wildman–Crippen MR) is 63.8 cm³/mol. The van der Waals surface area contributed by atoms with Crippen LogP contribution in [-0.2, 0) is 11.3 Å². The van der Waals surface area contributed by atoms with Crippen molar-refractivity contribution in [1.82, 2.24) is 10.3 Å². The van der Waals surface area contributed by atoms with Gasteiger partial charge in [-0.25, -0.2) is 4.98 Å². The van der Waals surface area contributed by atoms with Crippen LogP contribution in [0.3, 0.4) is 0 Å². The minimum absolute atomic E-state index is 0.531. The summed E-state index contributed by atoms with van der Waals surface area (Å²) in [6, 6.07) is 2.07. The second-order valence-electron chi connectivity index (χ2n) is 3.74. The number of pyridine rings is 1. The van der Waals surface area contributed by atoms with Crippen molar-refractivity contribution in [2.24, 2.45) is 0 Å². The molecule has 1 rings (SSSR count). The average Bonchev–Trinajstić information content (AvgIpc) is 2.23. The van der Waals surface area contributed by atoms with E-state index in [0.29, 0.717) is 19.1 Å². The van der Waals surface area contributed by atoms with Crippen LogP contribution in [0.5, 0.6) is 5.88 Å². The molecule has 4 nitrogen and oxygen atoms in total. The first-order valence-corrected chi connectivity index (χ1v) is 5.42. The largest absolute Gasteiger partial charge is 0.475 e. The van der Waals surface area contributed by atoms with Crippen molar-refractivity contribution < 1.29 is 9.47 Å². The van der Waals surface area contributed by atoms with Gasteiger partial charge in [-0.2, -0.15) is 0 Å². The molecular formula is C12H20N2O2. The molecule has 0 amide bonds. The van der Waals surface area contributed by atoms with Gasteiger partial charge < -0.3 is 14.8 Å². The van der Waals surface area contributed by atoms with Gasteiger partial charge in [-0.15, -0.1) is 0 Å². The molecule has 0 spiro atoms. The number of aryl methyl sites for hydroxylation is 2. The third-order valence-electron chi connectivity index (χ3n) is 2.32. The molecule has 0 radical (unpaired) electrons. The fraction of sp³-hybridized carbons (Fsp3) is 0.583. The molecule has 0 aliphatic rings. The van der Waals surface area contributed by atoms with Crippen molar-refractivity contribution in [2.75, 3.05) is 27.4 Å². The molecule has 0 saturated heterocycles. The quantitative estimate of drug-likeness (QED) is 0.743. The fourth-order valence-corrected chi connectivity index (χ4v) is 1.56. The Morgan fingerprint density at radius 1 is 1.31 bits per heavy atom. The van der Waals surface area contributed by atoms with Crippen molar-refractivity contribution in [2.45, 2.75) is 20.4 Å². The first kappa shape index (κ1) is 12.9. The van der Waals surface area contributed by atoms with E-state index in [1.165, 1.54) is 5.56 Å². The normalized spacial score (nSPS) is 10.5. The lowest BCUT2D eigenvalue weighted by Gasteiger charge is -2.13. The Bertz CT molecular complexity index is 340. The Morgan fingerprint density at radius 2 is 2.06 bits per heavy atom. The van der Waals surface area contributed by atoms with E-state index in [2.05, 4.69) is 23.3 Å². The highest BCUT2D eigenvalue weighted by Crippen LogP contribution is 2.20. The van der Waals surface area contributed by atoms with Gasteiger partial charge in [-0.3, -0.25) is 0 Å². The third-order valence-corrected chi connectivity index (χ3v) is 2.32. The summed E-state index contributed by atoms with van der Waals surface area (Å²) in [7, 11) is 3.57. The standard InChI is InChI=1S/C12H20N2O2/c1-9-7-10(2)14-12(11(9)8-13-3)16-6-5-15-4/h7,13H,5-6,8H2,1-4H3. The van der Waals surface area contributed by atoms with Crippen LogP contribution < -0.4 is 10.1 Å². The third kappa shape index (κ3) is 3.47. The first-order valence-electron chi connectivity index (χ1n) is 5.42. The van der Waals surface area contributed by atoms with Crippen molar-refractivity contribution in [3.05, 3.63) is 22.9 Å². The molecule has 0 atom stereocenters. The number of rotatable bonds is 6. The minimum atomic E-state index is 0.531. The van der Waals surface area contributed by atoms with Crippen LogP contribution in [0.1, 0.15) is 16.8 Å². The minimum Gasteiger partial charge on any atom is -0.475 e. The van der Waals surface area contributed by atoms with Crippen molar-refractivity contribution in [1.29, 1.82) is 0 Å². The average molecular weight is 224 g/mol. The van der Waals surface area contributed by atoms with Gasteiger partial charge in [0.15, 0.2) is 0 Å². The van der Waals surface area contributed by atoms with Gasteiger partial charge in [0.2, 0.25) is 5.88 Å². The highest BCUT2D eigenvalue weighted by atomic mass is 16.5. The van der Waals surface area contributed by atoms with E-state index >= 15 is 0 Å².